The number of thioether (sulfide) groups is 1. The first kappa shape index (κ1) is 31.1. The number of benzene rings is 2. The van der Waals surface area contributed by atoms with E-state index in [4.69, 9.17) is 37.4 Å². The summed E-state index contributed by atoms with van der Waals surface area (Å²) in [5.41, 5.74) is 1.65. The van der Waals surface area contributed by atoms with E-state index in [2.05, 4.69) is 15.2 Å². The zero-order valence-corrected chi connectivity index (χ0v) is 27.4. The molecule has 1 aliphatic rings. The van der Waals surface area contributed by atoms with Gasteiger partial charge in [-0.2, -0.15) is 0 Å². The fraction of sp³-hybridized carbons (Fsp3) is 0.250. The van der Waals surface area contributed by atoms with E-state index in [1.165, 1.54) is 49.3 Å². The molecule has 2 aromatic carbocycles. The number of methoxy groups -OCH3 is 3. The average Bonchev–Trinajstić information content (AvgIpc) is 3.66. The van der Waals surface area contributed by atoms with Crippen molar-refractivity contribution in [2.24, 2.45) is 0 Å². The van der Waals surface area contributed by atoms with Crippen LogP contribution in [0.4, 0.5) is 5.13 Å². The molecule has 5 rings (SSSR count). The third-order valence-electron chi connectivity index (χ3n) is 6.53. The zero-order chi connectivity index (χ0) is 31.0. The Morgan fingerprint density at radius 1 is 1.05 bits per heavy atom. The topological polar surface area (TPSA) is 124 Å². The molecule has 1 aliphatic heterocycles. The van der Waals surface area contributed by atoms with Crippen molar-refractivity contribution in [2.45, 2.75) is 30.0 Å². The van der Waals surface area contributed by atoms with E-state index < -0.39 is 23.5 Å². The number of nitrogens with zero attached hydrogens (tertiary/aromatic N) is 4. The summed E-state index contributed by atoms with van der Waals surface area (Å²) in [6.07, 6.45) is 0. The first-order chi connectivity index (χ1) is 20.6. The maximum atomic E-state index is 14.0. The van der Waals surface area contributed by atoms with Gasteiger partial charge in [-0.1, -0.05) is 52.4 Å². The number of aliphatic hydroxyl groups is 1. The van der Waals surface area contributed by atoms with Gasteiger partial charge < -0.3 is 19.3 Å². The molecule has 2 aromatic heterocycles. The monoisotopic (exact) mass is 678 g/mol. The highest BCUT2D eigenvalue weighted by Gasteiger charge is 2.47. The number of amides is 1. The summed E-state index contributed by atoms with van der Waals surface area (Å²) in [4.78, 5) is 33.6. The lowest BCUT2D eigenvalue weighted by atomic mass is 9.94. The molecular formula is C28H24Cl2N4O6S3. The van der Waals surface area contributed by atoms with Gasteiger partial charge in [-0.3, -0.25) is 14.5 Å². The largest absolute Gasteiger partial charge is 0.503 e. The van der Waals surface area contributed by atoms with E-state index in [9.17, 15) is 14.7 Å². The molecule has 0 fully saturated rings. The van der Waals surface area contributed by atoms with Crippen LogP contribution in [0.3, 0.4) is 0 Å². The number of aryl methyl sites for hydroxylation is 2. The number of ketones is 1. The van der Waals surface area contributed by atoms with E-state index in [-0.39, 0.29) is 10.7 Å². The Bertz CT molecular complexity index is 1750. The predicted octanol–water partition coefficient (Wildman–Crippen LogP) is 7.02. The number of hydrogen-bond acceptors (Lipinski definition) is 12. The van der Waals surface area contributed by atoms with Gasteiger partial charge in [0.1, 0.15) is 0 Å². The lowest BCUT2D eigenvalue weighted by Crippen LogP contribution is -2.31. The first-order valence-electron chi connectivity index (χ1n) is 12.5. The van der Waals surface area contributed by atoms with Gasteiger partial charge in [0.25, 0.3) is 5.91 Å². The maximum absolute atomic E-state index is 14.0. The zero-order valence-electron chi connectivity index (χ0n) is 23.4. The number of thiazole rings is 1. The van der Waals surface area contributed by atoms with Crippen molar-refractivity contribution in [3.8, 4) is 17.2 Å². The van der Waals surface area contributed by atoms with Crippen LogP contribution in [0.15, 0.2) is 46.0 Å². The predicted molar refractivity (Wildman–Crippen MR) is 168 cm³/mol. The first-order valence-corrected chi connectivity index (χ1v) is 15.9. The standard InChI is InChI=1S/C28H24Cl2N4O6S3/c1-12-25(42-13(2)31-12)22(35)20-21(15-8-18(38-3)24(40-5)19(9-15)39-4)34(26(37)23(20)36)27-32-33-28(43-27)41-11-14-6-7-16(29)10-17(14)30/h6-10,21,36H,11H2,1-5H3. The molecule has 0 bridgehead atoms. The molecule has 15 heteroatoms. The number of hydrogen-bond donors (Lipinski definition) is 1. The molecule has 0 spiro atoms. The smallest absolute Gasteiger partial charge is 0.296 e. The number of ether oxygens (including phenoxy) is 3. The molecule has 0 radical (unpaired) electrons. The lowest BCUT2D eigenvalue weighted by Gasteiger charge is -2.25. The summed E-state index contributed by atoms with van der Waals surface area (Å²) in [6, 6.07) is 7.40. The second-order valence-electron chi connectivity index (χ2n) is 9.15. The summed E-state index contributed by atoms with van der Waals surface area (Å²) in [7, 11) is 4.39. The number of aliphatic hydroxyl groups excluding tert-OH is 1. The summed E-state index contributed by atoms with van der Waals surface area (Å²) < 4.78 is 17.1. The Morgan fingerprint density at radius 2 is 1.74 bits per heavy atom. The number of carbonyl (C=O) groups excluding carboxylic acids is 2. The quantitative estimate of drug-likeness (QED) is 0.106. The normalized spacial score (nSPS) is 14.9. The number of rotatable bonds is 10. The van der Waals surface area contributed by atoms with E-state index in [0.29, 0.717) is 58.5 Å². The van der Waals surface area contributed by atoms with Crippen molar-refractivity contribution < 1.29 is 28.9 Å². The second kappa shape index (κ2) is 12.7. The third kappa shape index (κ3) is 5.92. The number of carbonyl (C=O) groups is 2. The molecule has 4 aromatic rings. The van der Waals surface area contributed by atoms with Crippen LogP contribution in [0.2, 0.25) is 10.0 Å². The third-order valence-corrected chi connectivity index (χ3v) is 10.3. The van der Waals surface area contributed by atoms with E-state index in [1.807, 2.05) is 6.07 Å². The molecule has 1 N–H and O–H groups in total. The molecule has 43 heavy (non-hydrogen) atoms. The molecule has 0 saturated heterocycles. The van der Waals surface area contributed by atoms with E-state index in [1.54, 1.807) is 38.1 Å². The maximum Gasteiger partial charge on any atom is 0.296 e. The molecule has 10 nitrogen and oxygen atoms in total. The van der Waals surface area contributed by atoms with Crippen LogP contribution >= 0.6 is 57.6 Å². The summed E-state index contributed by atoms with van der Waals surface area (Å²) in [6.45, 7) is 3.49. The highest BCUT2D eigenvalue weighted by atomic mass is 35.5. The molecule has 1 amide bonds. The van der Waals surface area contributed by atoms with Gasteiger partial charge in [0, 0.05) is 15.8 Å². The molecule has 0 aliphatic carbocycles. The van der Waals surface area contributed by atoms with Crippen LogP contribution in [0.25, 0.3) is 0 Å². The average molecular weight is 680 g/mol. The second-order valence-corrected chi connectivity index (χ2v) is 13.4. The van der Waals surface area contributed by atoms with Crippen molar-refractivity contribution in [3.05, 3.63) is 78.4 Å². The SMILES string of the molecule is COc1cc(C2C(C(=O)c3sc(C)nc3C)=C(O)C(=O)N2c2nnc(SCc3ccc(Cl)cc3Cl)s2)cc(OC)c1OC. The Morgan fingerprint density at radius 3 is 2.33 bits per heavy atom. The minimum atomic E-state index is -1.09. The van der Waals surface area contributed by atoms with Crippen LogP contribution < -0.4 is 19.1 Å². The molecule has 3 heterocycles. The van der Waals surface area contributed by atoms with Crippen molar-refractivity contribution >= 4 is 74.5 Å². The van der Waals surface area contributed by atoms with Crippen LogP contribution in [0.1, 0.15) is 37.5 Å². The molecular weight excluding hydrogens is 655 g/mol. The summed E-state index contributed by atoms with van der Waals surface area (Å²) >= 11 is 16.0. The van der Waals surface area contributed by atoms with Crippen molar-refractivity contribution in [1.82, 2.24) is 15.2 Å². The fourth-order valence-corrected chi connectivity index (χ4v) is 7.91. The lowest BCUT2D eigenvalue weighted by molar-refractivity contribution is -0.117. The van der Waals surface area contributed by atoms with Crippen molar-refractivity contribution in [3.63, 3.8) is 0 Å². The van der Waals surface area contributed by atoms with E-state index in [0.717, 1.165) is 16.9 Å². The number of Topliss-reactive ketones (excluding diaryl/α,β-unsaturated/α-hetero) is 1. The molecule has 0 saturated carbocycles. The van der Waals surface area contributed by atoms with Gasteiger partial charge in [-0.15, -0.1) is 21.5 Å². The van der Waals surface area contributed by atoms with Gasteiger partial charge in [-0.25, -0.2) is 4.98 Å². The number of halogens is 2. The Labute approximate surface area is 269 Å². The molecule has 1 atom stereocenters. The molecule has 224 valence electrons. The van der Waals surface area contributed by atoms with Crippen molar-refractivity contribution in [1.29, 1.82) is 0 Å². The van der Waals surface area contributed by atoms with Crippen LogP contribution in [-0.2, 0) is 10.5 Å². The van der Waals surface area contributed by atoms with Crippen molar-refractivity contribution in [2.75, 3.05) is 26.2 Å². The van der Waals surface area contributed by atoms with E-state index >= 15 is 0 Å². The number of anilines is 1. The van der Waals surface area contributed by atoms with Gasteiger partial charge in [0.05, 0.1) is 48.5 Å². The summed E-state index contributed by atoms with van der Waals surface area (Å²) in [5, 5.41) is 21.6. The van der Waals surface area contributed by atoms with Gasteiger partial charge in [0.2, 0.25) is 16.7 Å². The van der Waals surface area contributed by atoms with Gasteiger partial charge >= 0.3 is 0 Å². The minimum absolute atomic E-state index is 0.122. The van der Waals surface area contributed by atoms with Crippen LogP contribution in [0, 0.1) is 13.8 Å². The van der Waals surface area contributed by atoms with Crippen LogP contribution in [0.5, 0.6) is 17.2 Å². The Hall–Kier alpha value is -3.36. The minimum Gasteiger partial charge on any atom is -0.503 e. The van der Waals surface area contributed by atoms with Gasteiger partial charge in [-0.05, 0) is 49.2 Å². The highest BCUT2D eigenvalue weighted by Crippen LogP contribution is 2.48. The Kier molecular flexibility index (Phi) is 9.18. The highest BCUT2D eigenvalue weighted by molar-refractivity contribution is 8.00. The summed E-state index contributed by atoms with van der Waals surface area (Å²) in [5.74, 6) is -0.587. The van der Waals surface area contributed by atoms with Crippen LogP contribution in [-0.4, -0.2) is 53.3 Å². The number of aromatic nitrogens is 3. The van der Waals surface area contributed by atoms with Gasteiger partial charge in [0.15, 0.2) is 21.6 Å². The molecule has 1 unspecified atom stereocenters. The Balaban J connectivity index is 1.59. The fourth-order valence-electron chi connectivity index (χ4n) is 4.61.